The highest BCUT2D eigenvalue weighted by atomic mass is 16.5. The zero-order valence-electron chi connectivity index (χ0n) is 13.7. The van der Waals surface area contributed by atoms with Crippen LogP contribution in [0.25, 0.3) is 0 Å². The van der Waals surface area contributed by atoms with Gasteiger partial charge in [-0.05, 0) is 24.6 Å². The van der Waals surface area contributed by atoms with E-state index in [1.165, 1.54) is 14.2 Å². The fourth-order valence-electron chi connectivity index (χ4n) is 2.69. The fourth-order valence-corrected chi connectivity index (χ4v) is 2.69. The lowest BCUT2D eigenvalue weighted by atomic mass is 9.86. The first-order chi connectivity index (χ1) is 11.6. The quantitative estimate of drug-likeness (QED) is 0.750. The van der Waals surface area contributed by atoms with Crippen LogP contribution in [-0.4, -0.2) is 31.1 Å². The van der Waals surface area contributed by atoms with E-state index in [1.807, 2.05) is 6.07 Å². The maximum atomic E-state index is 13.1. The monoisotopic (exact) mass is 328 g/mol. The van der Waals surface area contributed by atoms with E-state index in [2.05, 4.69) is 0 Å². The molecule has 126 valence electrons. The van der Waals surface area contributed by atoms with Crippen LogP contribution in [0.15, 0.2) is 48.5 Å². The minimum absolute atomic E-state index is 0.108. The van der Waals surface area contributed by atoms with Gasteiger partial charge in [0.2, 0.25) is 0 Å². The molecule has 0 bridgehead atoms. The molecule has 0 amide bonds. The highest BCUT2D eigenvalue weighted by Gasteiger charge is 2.27. The zero-order valence-corrected chi connectivity index (χ0v) is 13.7. The Hall–Kier alpha value is -2.82. The Bertz CT molecular complexity index is 723. The normalized spacial score (nSPS) is 11.6. The standard InChI is InChI=1S/C19H20O5/c1-23-16-9-5-3-7-13(16)14(11-12-18(20)21)19(22)15-8-4-6-10-17(15)24-2/h3-10,14H,11-12H2,1-2H3,(H,20,21). The molecule has 0 radical (unpaired) electrons. The van der Waals surface area contributed by atoms with Gasteiger partial charge >= 0.3 is 5.97 Å². The van der Waals surface area contributed by atoms with Crippen LogP contribution in [0.3, 0.4) is 0 Å². The molecule has 2 aromatic carbocycles. The first kappa shape index (κ1) is 17.5. The lowest BCUT2D eigenvalue weighted by Crippen LogP contribution is -2.16. The highest BCUT2D eigenvalue weighted by molar-refractivity contribution is 6.03. The lowest BCUT2D eigenvalue weighted by Gasteiger charge is -2.19. The molecule has 0 aromatic heterocycles. The molecular formula is C19H20O5. The maximum absolute atomic E-state index is 13.1. The summed E-state index contributed by atoms with van der Waals surface area (Å²) >= 11 is 0. The summed E-state index contributed by atoms with van der Waals surface area (Å²) in [6, 6.07) is 14.1. The Morgan fingerprint density at radius 1 is 0.958 bits per heavy atom. The van der Waals surface area contributed by atoms with E-state index in [1.54, 1.807) is 42.5 Å². The molecule has 0 saturated carbocycles. The molecule has 5 nitrogen and oxygen atoms in total. The van der Waals surface area contributed by atoms with Crippen molar-refractivity contribution >= 4 is 11.8 Å². The Morgan fingerprint density at radius 2 is 1.54 bits per heavy atom. The lowest BCUT2D eigenvalue weighted by molar-refractivity contribution is -0.137. The number of carbonyl (C=O) groups excluding carboxylic acids is 1. The average molecular weight is 328 g/mol. The number of carboxylic acids is 1. The molecule has 0 aliphatic carbocycles. The largest absolute Gasteiger partial charge is 0.496 e. The van der Waals surface area contributed by atoms with Gasteiger partial charge in [0.15, 0.2) is 5.78 Å². The molecular weight excluding hydrogens is 308 g/mol. The van der Waals surface area contributed by atoms with E-state index in [0.717, 1.165) is 0 Å². The third kappa shape index (κ3) is 3.93. The van der Waals surface area contributed by atoms with Gasteiger partial charge in [-0.3, -0.25) is 9.59 Å². The number of para-hydroxylation sites is 2. The van der Waals surface area contributed by atoms with Crippen LogP contribution in [0.1, 0.15) is 34.7 Å². The van der Waals surface area contributed by atoms with Crippen molar-refractivity contribution in [3.8, 4) is 11.5 Å². The van der Waals surface area contributed by atoms with E-state index in [9.17, 15) is 9.59 Å². The second-order valence-corrected chi connectivity index (χ2v) is 5.29. The third-order valence-corrected chi connectivity index (χ3v) is 3.85. The summed E-state index contributed by atoms with van der Waals surface area (Å²) in [5, 5.41) is 9.02. The molecule has 1 unspecified atom stereocenters. The number of ketones is 1. The molecule has 24 heavy (non-hydrogen) atoms. The Morgan fingerprint density at radius 3 is 2.17 bits per heavy atom. The van der Waals surface area contributed by atoms with Gasteiger partial charge in [0, 0.05) is 12.0 Å². The van der Waals surface area contributed by atoms with Crippen molar-refractivity contribution in [1.29, 1.82) is 0 Å². The number of aliphatic carboxylic acids is 1. The topological polar surface area (TPSA) is 72.8 Å². The molecule has 0 spiro atoms. The molecule has 0 heterocycles. The fraction of sp³-hybridized carbons (Fsp3) is 0.263. The van der Waals surface area contributed by atoms with Crippen molar-refractivity contribution in [1.82, 2.24) is 0 Å². The first-order valence-corrected chi connectivity index (χ1v) is 7.60. The third-order valence-electron chi connectivity index (χ3n) is 3.85. The SMILES string of the molecule is COc1ccccc1C(=O)C(CCC(=O)O)c1ccccc1OC. The molecule has 5 heteroatoms. The Kier molecular flexibility index (Phi) is 5.95. The number of hydrogen-bond acceptors (Lipinski definition) is 4. The average Bonchev–Trinajstić information content (AvgIpc) is 2.61. The van der Waals surface area contributed by atoms with Gasteiger partial charge in [0.1, 0.15) is 11.5 Å². The molecule has 2 aromatic rings. The number of ether oxygens (including phenoxy) is 2. The van der Waals surface area contributed by atoms with E-state index < -0.39 is 11.9 Å². The van der Waals surface area contributed by atoms with Crippen molar-refractivity contribution in [2.45, 2.75) is 18.8 Å². The number of rotatable bonds is 8. The number of hydrogen-bond donors (Lipinski definition) is 1. The number of carboxylic acid groups (broad SMARTS) is 1. The second-order valence-electron chi connectivity index (χ2n) is 5.29. The summed E-state index contributed by atoms with van der Waals surface area (Å²) < 4.78 is 10.6. The molecule has 2 rings (SSSR count). The van der Waals surface area contributed by atoms with Gasteiger partial charge in [-0.15, -0.1) is 0 Å². The highest BCUT2D eigenvalue weighted by Crippen LogP contribution is 2.34. The van der Waals surface area contributed by atoms with Crippen molar-refractivity contribution in [3.63, 3.8) is 0 Å². The van der Waals surface area contributed by atoms with Gasteiger partial charge in [0.05, 0.1) is 25.7 Å². The van der Waals surface area contributed by atoms with Crippen molar-refractivity contribution < 1.29 is 24.2 Å². The minimum atomic E-state index is -0.942. The van der Waals surface area contributed by atoms with Gasteiger partial charge in [0.25, 0.3) is 0 Å². The van der Waals surface area contributed by atoms with E-state index in [-0.39, 0.29) is 18.6 Å². The zero-order chi connectivity index (χ0) is 17.5. The van der Waals surface area contributed by atoms with Crippen LogP contribution in [0.2, 0.25) is 0 Å². The number of Topliss-reactive ketones (excluding diaryl/α,β-unsaturated/α-hetero) is 1. The summed E-state index contributed by atoms with van der Waals surface area (Å²) in [4.78, 5) is 24.1. The summed E-state index contributed by atoms with van der Waals surface area (Å²) in [5.41, 5.74) is 1.11. The van der Waals surface area contributed by atoms with Gasteiger partial charge in [-0.25, -0.2) is 0 Å². The van der Waals surface area contributed by atoms with Crippen molar-refractivity contribution in [2.75, 3.05) is 14.2 Å². The summed E-state index contributed by atoms with van der Waals surface area (Å²) in [6.07, 6.45) is 0.0796. The van der Waals surface area contributed by atoms with Gasteiger partial charge < -0.3 is 14.6 Å². The van der Waals surface area contributed by atoms with E-state index in [0.29, 0.717) is 22.6 Å². The summed E-state index contributed by atoms with van der Waals surface area (Å²) in [7, 11) is 3.03. The smallest absolute Gasteiger partial charge is 0.303 e. The predicted molar refractivity (Wildman–Crippen MR) is 89.9 cm³/mol. The van der Waals surface area contributed by atoms with Crippen LogP contribution in [0.4, 0.5) is 0 Å². The molecule has 0 aliphatic rings. The van der Waals surface area contributed by atoms with Gasteiger partial charge in [-0.1, -0.05) is 30.3 Å². The van der Waals surface area contributed by atoms with Crippen LogP contribution >= 0.6 is 0 Å². The molecule has 0 fully saturated rings. The molecule has 0 aliphatic heterocycles. The molecule has 1 atom stereocenters. The minimum Gasteiger partial charge on any atom is -0.496 e. The number of benzene rings is 2. The Labute approximate surface area is 140 Å². The van der Waals surface area contributed by atoms with Crippen LogP contribution in [0, 0.1) is 0 Å². The number of methoxy groups -OCH3 is 2. The summed E-state index contributed by atoms with van der Waals surface area (Å²) in [6.45, 7) is 0. The Balaban J connectivity index is 2.45. The van der Waals surface area contributed by atoms with Crippen LogP contribution in [-0.2, 0) is 4.79 Å². The van der Waals surface area contributed by atoms with Crippen LogP contribution < -0.4 is 9.47 Å². The van der Waals surface area contributed by atoms with Gasteiger partial charge in [-0.2, -0.15) is 0 Å². The summed E-state index contributed by atoms with van der Waals surface area (Å²) in [5.74, 6) is -0.705. The molecule has 1 N–H and O–H groups in total. The predicted octanol–water partition coefficient (Wildman–Crippen LogP) is 3.54. The van der Waals surface area contributed by atoms with E-state index >= 15 is 0 Å². The maximum Gasteiger partial charge on any atom is 0.303 e. The van der Waals surface area contributed by atoms with Crippen LogP contribution in [0.5, 0.6) is 11.5 Å². The number of carbonyl (C=O) groups is 2. The first-order valence-electron chi connectivity index (χ1n) is 7.60. The van der Waals surface area contributed by atoms with Crippen molar-refractivity contribution in [2.24, 2.45) is 0 Å². The van der Waals surface area contributed by atoms with Crippen molar-refractivity contribution in [3.05, 3.63) is 59.7 Å². The second kappa shape index (κ2) is 8.15. The van der Waals surface area contributed by atoms with E-state index in [4.69, 9.17) is 14.6 Å². The molecule has 0 saturated heterocycles.